The Balaban J connectivity index is 1.93. The van der Waals surface area contributed by atoms with Crippen molar-refractivity contribution in [2.45, 2.75) is 12.8 Å². The van der Waals surface area contributed by atoms with E-state index in [1.165, 1.54) is 12.1 Å². The maximum absolute atomic E-state index is 13.4. The molecule has 1 atom stereocenters. The first-order valence-electron chi connectivity index (χ1n) is 8.76. The van der Waals surface area contributed by atoms with E-state index < -0.39 is 23.4 Å². The monoisotopic (exact) mass is 443 g/mol. The van der Waals surface area contributed by atoms with Crippen molar-refractivity contribution in [2.24, 2.45) is 0 Å². The summed E-state index contributed by atoms with van der Waals surface area (Å²) >= 11 is 12.3. The van der Waals surface area contributed by atoms with E-state index in [4.69, 9.17) is 28.9 Å². The summed E-state index contributed by atoms with van der Waals surface area (Å²) in [5.74, 6) is -2.96. The molecule has 1 amide bonds. The van der Waals surface area contributed by atoms with E-state index in [0.29, 0.717) is 21.8 Å². The van der Waals surface area contributed by atoms with E-state index in [9.17, 15) is 19.6 Å². The molecule has 3 rings (SSSR count). The number of nitrogen functional groups attached to an aromatic ring is 1. The lowest BCUT2D eigenvalue weighted by Gasteiger charge is -2.16. The van der Waals surface area contributed by atoms with Crippen molar-refractivity contribution < 1.29 is 14.3 Å². The Morgan fingerprint density at radius 3 is 2.50 bits per heavy atom. The molecule has 0 bridgehead atoms. The Labute approximate surface area is 182 Å². The zero-order valence-corrected chi connectivity index (χ0v) is 17.2. The van der Waals surface area contributed by atoms with Crippen molar-refractivity contribution >= 4 is 40.5 Å². The molecule has 0 spiro atoms. The van der Waals surface area contributed by atoms with E-state index in [1.54, 1.807) is 37.3 Å². The summed E-state index contributed by atoms with van der Waals surface area (Å²) in [5, 5.41) is 22.8. The topological polar surface area (TPSA) is 99.1 Å². The van der Waals surface area contributed by atoms with Crippen LogP contribution in [0.3, 0.4) is 0 Å². The van der Waals surface area contributed by atoms with Crippen molar-refractivity contribution in [1.82, 2.24) is 0 Å². The van der Waals surface area contributed by atoms with Gasteiger partial charge in [0.2, 0.25) is 0 Å². The Morgan fingerprint density at radius 1 is 1.20 bits per heavy atom. The molecule has 8 heteroatoms. The van der Waals surface area contributed by atoms with E-state index in [0.717, 1.165) is 11.6 Å². The van der Waals surface area contributed by atoms with Crippen LogP contribution < -0.4 is 11.1 Å². The number of hydrogen-bond donors (Lipinski definition) is 3. The number of nitriles is 1. The number of nitrogens with two attached hydrogens (primary N) is 1. The van der Waals surface area contributed by atoms with Crippen LogP contribution in [-0.2, 0) is 0 Å². The molecule has 30 heavy (non-hydrogen) atoms. The number of nitrogens with one attached hydrogen (secondary N) is 1. The van der Waals surface area contributed by atoms with Crippen molar-refractivity contribution in [3.8, 4) is 11.8 Å². The summed E-state index contributed by atoms with van der Waals surface area (Å²) in [4.78, 5) is 12.6. The van der Waals surface area contributed by atoms with Crippen LogP contribution >= 0.6 is 23.2 Å². The average molecular weight is 444 g/mol. The predicted octanol–water partition coefficient (Wildman–Crippen LogP) is 5.64. The van der Waals surface area contributed by atoms with Gasteiger partial charge < -0.3 is 16.2 Å². The van der Waals surface area contributed by atoms with Gasteiger partial charge in [-0.2, -0.15) is 5.26 Å². The number of aromatic hydroxyl groups is 1. The van der Waals surface area contributed by atoms with Crippen LogP contribution in [-0.4, -0.2) is 11.0 Å². The fourth-order valence-electron chi connectivity index (χ4n) is 3.01. The smallest absolute Gasteiger partial charge is 0.257 e. The summed E-state index contributed by atoms with van der Waals surface area (Å²) in [6, 6.07) is 14.5. The molecule has 152 valence electrons. The molecular formula is C22H16Cl2FN3O2. The van der Waals surface area contributed by atoms with Gasteiger partial charge in [-0.05, 0) is 53.9 Å². The summed E-state index contributed by atoms with van der Waals surface area (Å²) in [7, 11) is 0. The zero-order valence-electron chi connectivity index (χ0n) is 15.7. The largest absolute Gasteiger partial charge is 0.503 e. The van der Waals surface area contributed by atoms with Crippen molar-refractivity contribution in [2.75, 3.05) is 11.1 Å². The Morgan fingerprint density at radius 2 is 1.87 bits per heavy atom. The summed E-state index contributed by atoms with van der Waals surface area (Å²) in [5.41, 5.74) is 7.56. The number of aryl methyl sites for hydroxylation is 1. The number of benzene rings is 3. The molecule has 0 saturated heterocycles. The Hall–Kier alpha value is -3.27. The predicted molar refractivity (Wildman–Crippen MR) is 116 cm³/mol. The second-order valence-electron chi connectivity index (χ2n) is 6.61. The first-order valence-corrected chi connectivity index (χ1v) is 9.52. The molecule has 0 aliphatic carbocycles. The standard InChI is InChI=1S/C22H16Cl2FN3O2/c1-11-8-15(16(10-26)12-2-4-13(23)5-3-12)17(24)9-19(11)28-22(30)14-6-7-18(25)21(29)20(14)27/h2-9,16,29H,27H2,1H3,(H,28,30). The van der Waals surface area contributed by atoms with Gasteiger partial charge in [0.15, 0.2) is 11.6 Å². The molecule has 1 unspecified atom stereocenters. The first kappa shape index (κ1) is 21.4. The van der Waals surface area contributed by atoms with Crippen LogP contribution in [0.2, 0.25) is 10.0 Å². The lowest BCUT2D eigenvalue weighted by molar-refractivity contribution is 0.102. The minimum Gasteiger partial charge on any atom is -0.503 e. The summed E-state index contributed by atoms with van der Waals surface area (Å²) in [6.45, 7) is 1.75. The third-order valence-corrected chi connectivity index (χ3v) is 5.23. The summed E-state index contributed by atoms with van der Waals surface area (Å²) in [6.07, 6.45) is 0. The second kappa shape index (κ2) is 8.62. The normalized spacial score (nSPS) is 11.6. The maximum atomic E-state index is 13.4. The number of phenols is 1. The average Bonchev–Trinajstić information content (AvgIpc) is 2.71. The number of carbonyl (C=O) groups is 1. The first-order chi connectivity index (χ1) is 14.2. The van der Waals surface area contributed by atoms with E-state index in [2.05, 4.69) is 11.4 Å². The maximum Gasteiger partial charge on any atom is 0.257 e. The quantitative estimate of drug-likeness (QED) is 0.358. The molecule has 0 heterocycles. The Kier molecular flexibility index (Phi) is 6.16. The molecule has 0 saturated carbocycles. The molecular weight excluding hydrogens is 428 g/mol. The van der Waals surface area contributed by atoms with Crippen LogP contribution in [0, 0.1) is 24.1 Å². The Bertz CT molecular complexity index is 1170. The minimum absolute atomic E-state index is 0.0791. The zero-order chi connectivity index (χ0) is 22.0. The fraction of sp³-hybridized carbons (Fsp3) is 0.0909. The number of halogens is 3. The molecule has 0 aliphatic rings. The third-order valence-electron chi connectivity index (χ3n) is 4.65. The van der Waals surface area contributed by atoms with Gasteiger partial charge in [-0.3, -0.25) is 4.79 Å². The molecule has 3 aromatic carbocycles. The van der Waals surface area contributed by atoms with Gasteiger partial charge in [-0.15, -0.1) is 0 Å². The minimum atomic E-state index is -0.919. The number of anilines is 2. The molecule has 3 aromatic rings. The van der Waals surface area contributed by atoms with Crippen LogP contribution in [0.15, 0.2) is 48.5 Å². The number of rotatable bonds is 4. The highest BCUT2D eigenvalue weighted by atomic mass is 35.5. The van der Waals surface area contributed by atoms with E-state index >= 15 is 0 Å². The molecule has 0 fully saturated rings. The molecule has 0 aromatic heterocycles. The van der Waals surface area contributed by atoms with Gasteiger partial charge in [-0.25, -0.2) is 4.39 Å². The lowest BCUT2D eigenvalue weighted by atomic mass is 9.91. The SMILES string of the molecule is Cc1cc(C(C#N)c2ccc(Cl)cc2)c(Cl)cc1NC(=O)c1ccc(F)c(O)c1N. The number of carbonyl (C=O) groups excluding carboxylic acids is 1. The van der Waals surface area contributed by atoms with Crippen LogP contribution in [0.5, 0.6) is 5.75 Å². The van der Waals surface area contributed by atoms with Crippen LogP contribution in [0.1, 0.15) is 33.0 Å². The highest BCUT2D eigenvalue weighted by molar-refractivity contribution is 6.32. The van der Waals surface area contributed by atoms with Crippen LogP contribution in [0.4, 0.5) is 15.8 Å². The van der Waals surface area contributed by atoms with Gasteiger partial charge >= 0.3 is 0 Å². The molecule has 5 nitrogen and oxygen atoms in total. The van der Waals surface area contributed by atoms with E-state index in [-0.39, 0.29) is 16.3 Å². The number of amides is 1. The van der Waals surface area contributed by atoms with Gasteiger partial charge in [0.05, 0.1) is 23.2 Å². The lowest BCUT2D eigenvalue weighted by Crippen LogP contribution is -2.15. The van der Waals surface area contributed by atoms with E-state index in [1.807, 2.05) is 0 Å². The van der Waals surface area contributed by atoms with Crippen molar-refractivity contribution in [3.63, 3.8) is 0 Å². The van der Waals surface area contributed by atoms with Crippen molar-refractivity contribution in [1.29, 1.82) is 5.26 Å². The highest BCUT2D eigenvalue weighted by Gasteiger charge is 2.20. The van der Waals surface area contributed by atoms with Gasteiger partial charge in [0, 0.05) is 15.7 Å². The third kappa shape index (κ3) is 4.18. The molecule has 0 aliphatic heterocycles. The number of hydrogen-bond acceptors (Lipinski definition) is 4. The summed E-state index contributed by atoms with van der Waals surface area (Å²) < 4.78 is 13.4. The molecule has 4 N–H and O–H groups in total. The van der Waals surface area contributed by atoms with Gasteiger partial charge in [-0.1, -0.05) is 41.4 Å². The number of nitrogens with zero attached hydrogens (tertiary/aromatic N) is 1. The highest BCUT2D eigenvalue weighted by Crippen LogP contribution is 2.35. The number of phenolic OH excluding ortho intramolecular Hbond substituents is 1. The fourth-order valence-corrected chi connectivity index (χ4v) is 3.41. The van der Waals surface area contributed by atoms with Gasteiger partial charge in [0.25, 0.3) is 5.91 Å². The second-order valence-corrected chi connectivity index (χ2v) is 7.46. The molecule has 0 radical (unpaired) electrons. The van der Waals surface area contributed by atoms with Crippen molar-refractivity contribution in [3.05, 3.63) is 86.6 Å². The van der Waals surface area contributed by atoms with Gasteiger partial charge in [0.1, 0.15) is 0 Å². The van der Waals surface area contributed by atoms with Crippen LogP contribution in [0.25, 0.3) is 0 Å².